The van der Waals surface area contributed by atoms with Gasteiger partial charge in [-0.25, -0.2) is 9.67 Å². The van der Waals surface area contributed by atoms with Gasteiger partial charge < -0.3 is 19.7 Å². The maximum Gasteiger partial charge on any atom is 0.219 e. The fraction of sp³-hybridized carbons (Fsp3) is 0.528. The number of nitrogens with two attached hydrogens (primary N) is 1. The van der Waals surface area contributed by atoms with Crippen molar-refractivity contribution in [2.45, 2.75) is 89.3 Å². The molecule has 0 unspecified atom stereocenters. The summed E-state index contributed by atoms with van der Waals surface area (Å²) in [4.78, 5) is 13.5. The first-order valence-electron chi connectivity index (χ1n) is 17.8. The van der Waals surface area contributed by atoms with Crippen LogP contribution in [0.1, 0.15) is 79.7 Å². The number of nitrogens with zero attached hydrogens (tertiary/aromatic N) is 10. The number of anilines is 1. The van der Waals surface area contributed by atoms with E-state index in [1.165, 1.54) is 16.2 Å². The summed E-state index contributed by atoms with van der Waals surface area (Å²) in [6.45, 7) is 7.49. The molecule has 3 atom stereocenters. The van der Waals surface area contributed by atoms with Gasteiger partial charge in [0.15, 0.2) is 23.1 Å². The van der Waals surface area contributed by atoms with Crippen LogP contribution in [0.2, 0.25) is 0 Å². The highest BCUT2D eigenvalue weighted by atomic mass is 32.1. The van der Waals surface area contributed by atoms with Crippen LogP contribution in [0.3, 0.4) is 0 Å². The van der Waals surface area contributed by atoms with Crippen LogP contribution < -0.4 is 10.5 Å². The van der Waals surface area contributed by atoms with Crippen LogP contribution in [0, 0.1) is 16.7 Å². The molecule has 2 saturated heterocycles. The highest BCUT2D eigenvalue weighted by Crippen LogP contribution is 2.55. The fourth-order valence-corrected chi connectivity index (χ4v) is 9.89. The number of rotatable bonds is 8. The number of nitrogen functional groups attached to an aromatic ring is 1. The fourth-order valence-electron chi connectivity index (χ4n) is 8.73. The predicted molar refractivity (Wildman–Crippen MR) is 188 cm³/mol. The first kappa shape index (κ1) is 32.3. The summed E-state index contributed by atoms with van der Waals surface area (Å²) < 4.78 is 21.9. The lowest BCUT2D eigenvalue weighted by Crippen LogP contribution is -2.43. The molecule has 51 heavy (non-hydrogen) atoms. The molecule has 2 N–H and O–H groups in total. The maximum atomic E-state index is 10.1. The Balaban J connectivity index is 1.10. The van der Waals surface area contributed by atoms with E-state index in [1.807, 2.05) is 29.2 Å². The van der Waals surface area contributed by atoms with Gasteiger partial charge in [-0.05, 0) is 83.5 Å². The number of fused-ring (bicyclic) bond motifs is 4. The van der Waals surface area contributed by atoms with Gasteiger partial charge in [0.25, 0.3) is 0 Å². The summed E-state index contributed by atoms with van der Waals surface area (Å²) >= 11 is 1.54. The van der Waals surface area contributed by atoms with Crippen molar-refractivity contribution < 1.29 is 14.0 Å². The molecule has 4 aliphatic rings. The monoisotopic (exact) mass is 707 g/mol. The van der Waals surface area contributed by atoms with Gasteiger partial charge in [-0.1, -0.05) is 17.3 Å². The van der Waals surface area contributed by atoms with Crippen molar-refractivity contribution in [3.8, 4) is 40.7 Å². The third-order valence-corrected chi connectivity index (χ3v) is 12.3. The molecule has 1 spiro atoms. The Morgan fingerprint density at radius 1 is 1.18 bits per heavy atom. The smallest absolute Gasteiger partial charge is 0.219 e. The SMILES string of the molecule is C[C@H](Oc1cc(-n2ccc(-c3cn(CC4(C)COC4)nn3)n2)nc(-c2noc3c2CCC[C@@]32CCCc3sc(N)c(C#N)c32)n1)[C@@H]1CCCN1C. The lowest BCUT2D eigenvalue weighted by Gasteiger charge is -2.39. The van der Waals surface area contributed by atoms with Gasteiger partial charge in [-0.15, -0.1) is 16.4 Å². The average molecular weight is 708 g/mol. The normalized spacial score (nSPS) is 23.1. The van der Waals surface area contributed by atoms with E-state index in [0.29, 0.717) is 58.4 Å². The van der Waals surface area contributed by atoms with Crippen molar-refractivity contribution in [3.05, 3.63) is 51.9 Å². The molecule has 0 aromatic carbocycles. The molecular formula is C36H41N11O3S. The molecule has 5 aromatic heterocycles. The number of likely N-dealkylation sites (N-methyl/N-ethyl adjacent to an activating group) is 1. The number of hydrogen-bond donors (Lipinski definition) is 1. The van der Waals surface area contributed by atoms with E-state index in [0.717, 1.165) is 81.3 Å². The predicted octanol–water partition coefficient (Wildman–Crippen LogP) is 4.95. The first-order chi connectivity index (χ1) is 24.7. The number of nitriles is 1. The van der Waals surface area contributed by atoms with Crippen molar-refractivity contribution in [3.63, 3.8) is 0 Å². The first-order valence-corrected chi connectivity index (χ1v) is 18.7. The van der Waals surface area contributed by atoms with Gasteiger partial charge in [0.2, 0.25) is 5.88 Å². The second-order valence-corrected chi connectivity index (χ2v) is 16.2. The third-order valence-electron chi connectivity index (χ3n) is 11.3. The lowest BCUT2D eigenvalue weighted by atomic mass is 9.63. The van der Waals surface area contributed by atoms with E-state index in [2.05, 4.69) is 47.3 Å². The van der Waals surface area contributed by atoms with Gasteiger partial charge in [-0.2, -0.15) is 15.3 Å². The minimum Gasteiger partial charge on any atom is -0.473 e. The molecule has 2 fully saturated rings. The molecule has 2 aliphatic heterocycles. The average Bonchev–Trinajstić information content (AvgIpc) is 3.94. The Bertz CT molecular complexity index is 2150. The van der Waals surface area contributed by atoms with E-state index in [1.54, 1.807) is 4.68 Å². The zero-order valence-electron chi connectivity index (χ0n) is 29.1. The van der Waals surface area contributed by atoms with E-state index in [9.17, 15) is 5.26 Å². The van der Waals surface area contributed by atoms with E-state index in [4.69, 9.17) is 34.8 Å². The van der Waals surface area contributed by atoms with E-state index < -0.39 is 5.41 Å². The largest absolute Gasteiger partial charge is 0.473 e. The molecule has 14 nitrogen and oxygen atoms in total. The molecule has 15 heteroatoms. The number of aryl methyl sites for hydroxylation is 1. The number of likely N-dealkylation sites (tertiary alicyclic amines) is 1. The van der Waals surface area contributed by atoms with Crippen molar-refractivity contribution >= 4 is 16.3 Å². The summed E-state index contributed by atoms with van der Waals surface area (Å²) in [7, 11) is 2.14. The van der Waals surface area contributed by atoms with Crippen LogP contribution in [-0.2, 0) is 29.5 Å². The summed E-state index contributed by atoms with van der Waals surface area (Å²) in [6.07, 6.45) is 11.2. The molecule has 0 saturated carbocycles. The van der Waals surface area contributed by atoms with Crippen LogP contribution in [-0.4, -0.2) is 83.8 Å². The summed E-state index contributed by atoms with van der Waals surface area (Å²) in [5.41, 5.74) is 10.6. The van der Waals surface area contributed by atoms with Crippen LogP contribution in [0.15, 0.2) is 29.0 Å². The second-order valence-electron chi connectivity index (χ2n) is 15.0. The molecule has 2 aliphatic carbocycles. The number of hydrogen-bond acceptors (Lipinski definition) is 13. The number of thiophene rings is 1. The van der Waals surface area contributed by atoms with Crippen molar-refractivity contribution in [2.24, 2.45) is 5.41 Å². The quantitative estimate of drug-likeness (QED) is 0.230. The summed E-state index contributed by atoms with van der Waals surface area (Å²) in [6, 6.07) is 6.42. The summed E-state index contributed by atoms with van der Waals surface area (Å²) in [5.74, 6) is 2.21. The Hall–Kier alpha value is -4.65. The Labute approximate surface area is 299 Å². The van der Waals surface area contributed by atoms with Crippen molar-refractivity contribution in [1.29, 1.82) is 5.26 Å². The number of aromatic nitrogens is 8. The zero-order chi connectivity index (χ0) is 34.9. The minimum atomic E-state index is -0.443. The van der Waals surface area contributed by atoms with Gasteiger partial charge in [0, 0.05) is 34.2 Å². The minimum absolute atomic E-state index is 0.0663. The third kappa shape index (κ3) is 5.42. The van der Waals surface area contributed by atoms with Gasteiger partial charge in [-0.3, -0.25) is 9.58 Å². The molecular weight excluding hydrogens is 667 g/mol. The lowest BCUT2D eigenvalue weighted by molar-refractivity contribution is -0.111. The molecule has 0 bridgehead atoms. The second kappa shape index (κ2) is 12.2. The van der Waals surface area contributed by atoms with Crippen molar-refractivity contribution in [2.75, 3.05) is 32.5 Å². The van der Waals surface area contributed by atoms with Crippen molar-refractivity contribution in [1.82, 2.24) is 44.8 Å². The van der Waals surface area contributed by atoms with E-state index >= 15 is 0 Å². The van der Waals surface area contributed by atoms with Gasteiger partial charge in [0.1, 0.15) is 28.6 Å². The summed E-state index contributed by atoms with van der Waals surface area (Å²) in [5, 5.41) is 29.0. The van der Waals surface area contributed by atoms with Crippen LogP contribution >= 0.6 is 11.3 Å². The van der Waals surface area contributed by atoms with Gasteiger partial charge in [0.05, 0.1) is 36.9 Å². The maximum absolute atomic E-state index is 10.1. The zero-order valence-corrected chi connectivity index (χ0v) is 29.9. The molecule has 5 aromatic rings. The molecule has 0 amide bonds. The Morgan fingerprint density at radius 2 is 2.02 bits per heavy atom. The Morgan fingerprint density at radius 3 is 2.78 bits per heavy atom. The molecule has 0 radical (unpaired) electrons. The standard InChI is InChI=1S/C36H41N11O3S/c1-21(26-8-6-13-45(26)3)49-29-15-28(47-14-10-24(42-47)25-17-46(44-41-25)18-35(2)19-48-20-35)39-34(40-29)31-22-7-4-11-36(32(22)50-43-31)12-5-9-27-30(36)23(16-37)33(38)51-27/h10,14-15,17,21,26H,4-9,11-13,18-20,38H2,1-3H3/t21-,26-,36-/m0/s1. The molecule has 7 heterocycles. The van der Waals surface area contributed by atoms with Crippen LogP contribution in [0.4, 0.5) is 5.00 Å². The van der Waals surface area contributed by atoms with Gasteiger partial charge >= 0.3 is 0 Å². The highest BCUT2D eigenvalue weighted by molar-refractivity contribution is 7.16. The molecule has 264 valence electrons. The van der Waals surface area contributed by atoms with E-state index in [-0.39, 0.29) is 17.6 Å². The van der Waals surface area contributed by atoms with Crippen LogP contribution in [0.25, 0.3) is 28.7 Å². The Kier molecular flexibility index (Phi) is 7.75. The van der Waals surface area contributed by atoms with Crippen LogP contribution in [0.5, 0.6) is 5.88 Å². The molecule has 9 rings (SSSR count). The topological polar surface area (TPSA) is 172 Å². The highest BCUT2D eigenvalue weighted by Gasteiger charge is 2.49. The number of ether oxygens (including phenoxy) is 2.